The molecule has 0 spiro atoms. The van der Waals surface area contributed by atoms with Gasteiger partial charge in [-0.1, -0.05) is 26.7 Å². The molecule has 0 saturated carbocycles. The maximum atomic E-state index is 12.0. The number of aliphatic hydroxyl groups is 1. The molecule has 4 nitrogen and oxygen atoms in total. The van der Waals surface area contributed by atoms with Crippen molar-refractivity contribution in [3.63, 3.8) is 0 Å². The second kappa shape index (κ2) is 7.67. The molecule has 0 bridgehead atoms. The van der Waals surface area contributed by atoms with Crippen LogP contribution < -0.4 is 10.6 Å². The summed E-state index contributed by atoms with van der Waals surface area (Å²) < 4.78 is 0. The van der Waals surface area contributed by atoms with Gasteiger partial charge in [-0.2, -0.15) is 0 Å². The van der Waals surface area contributed by atoms with Crippen molar-refractivity contribution in [1.29, 1.82) is 0 Å². The Labute approximate surface area is 104 Å². The van der Waals surface area contributed by atoms with Crippen molar-refractivity contribution >= 4 is 5.91 Å². The number of hydrogen-bond acceptors (Lipinski definition) is 3. The molecular weight excluding hydrogens is 216 g/mol. The predicted octanol–water partition coefficient (Wildman–Crippen LogP) is 1.04. The van der Waals surface area contributed by atoms with Crippen LogP contribution in [0.15, 0.2) is 0 Å². The maximum Gasteiger partial charge on any atom is 0.237 e. The Morgan fingerprint density at radius 2 is 2.18 bits per heavy atom. The number of hydrogen-bond donors (Lipinski definition) is 3. The first-order valence-electron chi connectivity index (χ1n) is 6.78. The summed E-state index contributed by atoms with van der Waals surface area (Å²) in [5.74, 6) is 0.529. The van der Waals surface area contributed by atoms with Gasteiger partial charge in [0, 0.05) is 0 Å². The first kappa shape index (κ1) is 14.5. The van der Waals surface area contributed by atoms with Crippen molar-refractivity contribution < 1.29 is 9.90 Å². The first-order chi connectivity index (χ1) is 8.13. The van der Waals surface area contributed by atoms with E-state index in [1.807, 2.05) is 0 Å². The van der Waals surface area contributed by atoms with Crippen LogP contribution in [0.1, 0.15) is 46.0 Å². The molecule has 0 aromatic rings. The summed E-state index contributed by atoms with van der Waals surface area (Å²) >= 11 is 0. The Morgan fingerprint density at radius 3 is 2.82 bits per heavy atom. The van der Waals surface area contributed by atoms with Crippen molar-refractivity contribution in [2.75, 3.05) is 13.2 Å². The number of nitrogens with one attached hydrogen (secondary N) is 2. The lowest BCUT2D eigenvalue weighted by Crippen LogP contribution is -2.48. The lowest BCUT2D eigenvalue weighted by molar-refractivity contribution is -0.124. The third-order valence-corrected chi connectivity index (χ3v) is 3.20. The minimum Gasteiger partial charge on any atom is -0.394 e. The van der Waals surface area contributed by atoms with E-state index >= 15 is 0 Å². The summed E-state index contributed by atoms with van der Waals surface area (Å²) in [6, 6.07) is -0.175. The lowest BCUT2D eigenvalue weighted by Gasteiger charge is -2.22. The average Bonchev–Trinajstić information content (AvgIpc) is 2.55. The van der Waals surface area contributed by atoms with E-state index in [1.165, 1.54) is 6.42 Å². The monoisotopic (exact) mass is 242 g/mol. The molecule has 2 unspecified atom stereocenters. The van der Waals surface area contributed by atoms with Gasteiger partial charge < -0.3 is 15.7 Å². The summed E-state index contributed by atoms with van der Waals surface area (Å²) in [6.45, 7) is 5.14. The summed E-state index contributed by atoms with van der Waals surface area (Å²) in [5.41, 5.74) is 0. The zero-order valence-corrected chi connectivity index (χ0v) is 11.0. The van der Waals surface area contributed by atoms with Crippen molar-refractivity contribution in [2.45, 2.75) is 58.0 Å². The SMILES string of the molecule is CC(C)CC(CO)NC(=O)C1CCCCCN1. The molecule has 100 valence electrons. The van der Waals surface area contributed by atoms with Crippen LogP contribution in [-0.2, 0) is 4.79 Å². The summed E-state index contributed by atoms with van der Waals surface area (Å²) in [4.78, 5) is 12.0. The summed E-state index contributed by atoms with van der Waals surface area (Å²) in [7, 11) is 0. The van der Waals surface area contributed by atoms with Crippen molar-refractivity contribution in [3.8, 4) is 0 Å². The molecule has 1 heterocycles. The number of carbonyl (C=O) groups is 1. The van der Waals surface area contributed by atoms with Crippen molar-refractivity contribution in [3.05, 3.63) is 0 Å². The minimum absolute atomic E-state index is 0.0244. The highest BCUT2D eigenvalue weighted by Gasteiger charge is 2.22. The third kappa shape index (κ3) is 5.50. The van der Waals surface area contributed by atoms with E-state index in [0.717, 1.165) is 32.2 Å². The fraction of sp³-hybridized carbons (Fsp3) is 0.923. The fourth-order valence-corrected chi connectivity index (χ4v) is 2.30. The van der Waals surface area contributed by atoms with Gasteiger partial charge in [0.1, 0.15) is 0 Å². The van der Waals surface area contributed by atoms with Crippen LogP contribution in [-0.4, -0.2) is 36.2 Å². The topological polar surface area (TPSA) is 61.4 Å². The largest absolute Gasteiger partial charge is 0.394 e. The molecule has 17 heavy (non-hydrogen) atoms. The molecule has 4 heteroatoms. The van der Waals surface area contributed by atoms with Crippen LogP contribution >= 0.6 is 0 Å². The van der Waals surface area contributed by atoms with Crippen molar-refractivity contribution in [1.82, 2.24) is 10.6 Å². The predicted molar refractivity (Wildman–Crippen MR) is 68.7 cm³/mol. The average molecular weight is 242 g/mol. The molecule has 0 aromatic carbocycles. The van der Waals surface area contributed by atoms with Gasteiger partial charge in [-0.15, -0.1) is 0 Å². The molecule has 2 atom stereocenters. The van der Waals surface area contributed by atoms with Gasteiger partial charge >= 0.3 is 0 Å². The Balaban J connectivity index is 2.39. The molecular formula is C13H26N2O2. The number of amides is 1. The van der Waals surface area contributed by atoms with Gasteiger partial charge in [0.05, 0.1) is 18.7 Å². The molecule has 1 amide bonds. The number of rotatable bonds is 5. The molecule has 1 aliphatic heterocycles. The molecule has 0 radical (unpaired) electrons. The van der Waals surface area contributed by atoms with Crippen LogP contribution in [0.5, 0.6) is 0 Å². The van der Waals surface area contributed by atoms with E-state index < -0.39 is 0 Å². The Kier molecular flexibility index (Phi) is 6.52. The van der Waals surface area contributed by atoms with Gasteiger partial charge in [0.15, 0.2) is 0 Å². The second-order valence-electron chi connectivity index (χ2n) is 5.37. The highest BCUT2D eigenvalue weighted by atomic mass is 16.3. The van der Waals surface area contributed by atoms with E-state index in [-0.39, 0.29) is 24.6 Å². The highest BCUT2D eigenvalue weighted by molar-refractivity contribution is 5.82. The second-order valence-corrected chi connectivity index (χ2v) is 5.37. The van der Waals surface area contributed by atoms with Gasteiger partial charge in [0.25, 0.3) is 0 Å². The van der Waals surface area contributed by atoms with E-state index in [1.54, 1.807) is 0 Å². The molecule has 3 N–H and O–H groups in total. The van der Waals surface area contributed by atoms with Crippen LogP contribution in [0.3, 0.4) is 0 Å². The smallest absolute Gasteiger partial charge is 0.237 e. The normalized spacial score (nSPS) is 23.2. The zero-order chi connectivity index (χ0) is 12.7. The number of carbonyl (C=O) groups excluding carboxylic acids is 1. The van der Waals surface area contributed by atoms with Gasteiger partial charge in [-0.05, 0) is 31.7 Å². The molecule has 1 rings (SSSR count). The van der Waals surface area contributed by atoms with Gasteiger partial charge in [-0.25, -0.2) is 0 Å². The van der Waals surface area contributed by atoms with Crippen molar-refractivity contribution in [2.24, 2.45) is 5.92 Å². The Morgan fingerprint density at radius 1 is 1.41 bits per heavy atom. The van der Waals surface area contributed by atoms with Crippen LogP contribution in [0, 0.1) is 5.92 Å². The van der Waals surface area contributed by atoms with E-state index in [0.29, 0.717) is 5.92 Å². The molecule has 1 saturated heterocycles. The fourth-order valence-electron chi connectivity index (χ4n) is 2.30. The third-order valence-electron chi connectivity index (χ3n) is 3.20. The highest BCUT2D eigenvalue weighted by Crippen LogP contribution is 2.10. The quantitative estimate of drug-likeness (QED) is 0.675. The molecule has 1 fully saturated rings. The van der Waals surface area contributed by atoms with E-state index in [9.17, 15) is 9.90 Å². The van der Waals surface area contributed by atoms with E-state index in [2.05, 4.69) is 24.5 Å². The summed E-state index contributed by atoms with van der Waals surface area (Å²) in [6.07, 6.45) is 5.20. The first-order valence-corrected chi connectivity index (χ1v) is 6.78. The summed E-state index contributed by atoms with van der Waals surface area (Å²) in [5, 5.41) is 15.5. The van der Waals surface area contributed by atoms with Crippen LogP contribution in [0.2, 0.25) is 0 Å². The van der Waals surface area contributed by atoms with Crippen LogP contribution in [0.25, 0.3) is 0 Å². The Hall–Kier alpha value is -0.610. The number of aliphatic hydroxyl groups excluding tert-OH is 1. The van der Waals surface area contributed by atoms with Gasteiger partial charge in [-0.3, -0.25) is 4.79 Å². The molecule has 1 aliphatic rings. The van der Waals surface area contributed by atoms with Gasteiger partial charge in [0.2, 0.25) is 5.91 Å². The maximum absolute atomic E-state index is 12.0. The Bertz CT molecular complexity index is 223. The standard InChI is InChI=1S/C13H26N2O2/c1-10(2)8-11(9-16)15-13(17)12-6-4-3-5-7-14-12/h10-12,14,16H,3-9H2,1-2H3,(H,15,17). The molecule has 0 aromatic heterocycles. The lowest BCUT2D eigenvalue weighted by atomic mass is 10.0. The molecule has 0 aliphatic carbocycles. The zero-order valence-electron chi connectivity index (χ0n) is 11.0. The minimum atomic E-state index is -0.104. The van der Waals surface area contributed by atoms with Crippen LogP contribution in [0.4, 0.5) is 0 Å². The van der Waals surface area contributed by atoms with E-state index in [4.69, 9.17) is 0 Å².